The zero-order valence-corrected chi connectivity index (χ0v) is 40.6. The van der Waals surface area contributed by atoms with Gasteiger partial charge in [0.25, 0.3) is 5.91 Å². The number of carbonyl (C=O) groups is 3. The molecule has 17 heteroatoms. The van der Waals surface area contributed by atoms with Gasteiger partial charge in [0.1, 0.15) is 42.6 Å². The predicted octanol–water partition coefficient (Wildman–Crippen LogP) is 6.51. The van der Waals surface area contributed by atoms with Crippen molar-refractivity contribution in [2.24, 2.45) is 22.7 Å². The van der Waals surface area contributed by atoms with Gasteiger partial charge in [0, 0.05) is 109 Å². The molecule has 0 unspecified atom stereocenters. The van der Waals surface area contributed by atoms with Crippen LogP contribution in [0.3, 0.4) is 0 Å². The number of methoxy groups -OCH3 is 1. The number of pyridine rings is 1. The van der Waals surface area contributed by atoms with Gasteiger partial charge in [-0.3, -0.25) is 34.2 Å². The number of cyclic esters (lactones) is 1. The van der Waals surface area contributed by atoms with Crippen LogP contribution in [-0.2, 0) is 30.3 Å². The normalized spacial score (nSPS) is 28.6. The molecule has 0 radical (unpaired) electrons. The number of alkyl halides is 1. The standard InChI is InChI=1S/C53H63FN10O6/c1-29-42(38-14-16-55-28-57-38)43(29)48(65)59-45-47(62-25-53(26-62)19-32(54)20-53)49-58-40(24-69-49)31-10-13-41-36(18-31)37(21-52(3,4)27-70-51(67)39-9-7-17-63(60-39)50(45)66)46(35-8-6-15-56-44(35)30(2)68-5)64(41)34-22-61(23-34)33-11-12-33/h6,8,10,13-16,18,24,28-30,32-34,39,42-43,45,47,60H,7,9,11-12,17,19-23,25-27H2,1-5H3,(H,59,65)/t29-,30-,39-,42-,43+,45-,47-/m0/s1. The van der Waals surface area contributed by atoms with Crippen LogP contribution in [0.15, 0.2) is 65.8 Å². The molecule has 8 heterocycles. The lowest BCUT2D eigenvalue weighted by molar-refractivity contribution is -0.160. The fraction of sp³-hybridized carbons (Fsp3) is 0.566. The van der Waals surface area contributed by atoms with E-state index in [2.05, 4.69) is 73.2 Å². The third kappa shape index (κ3) is 8.00. The number of fused-ring (bicyclic) bond motifs is 6. The molecule has 6 fully saturated rings. The maximum Gasteiger partial charge on any atom is 0.324 e. The molecule has 368 valence electrons. The van der Waals surface area contributed by atoms with Crippen molar-refractivity contribution in [3.63, 3.8) is 0 Å². The number of ether oxygens (including phenoxy) is 2. The summed E-state index contributed by atoms with van der Waals surface area (Å²) in [6.07, 6.45) is 10.4. The Morgan fingerprint density at radius 1 is 1.03 bits per heavy atom. The summed E-state index contributed by atoms with van der Waals surface area (Å²) in [5.41, 5.74) is 9.80. The van der Waals surface area contributed by atoms with Crippen molar-refractivity contribution in [3.8, 4) is 22.5 Å². The number of halogens is 1. The number of likely N-dealkylation sites (tertiary alicyclic amines) is 2. The summed E-state index contributed by atoms with van der Waals surface area (Å²) in [5.74, 6) is -1.49. The van der Waals surface area contributed by atoms with Gasteiger partial charge in [-0.2, -0.15) is 0 Å². The number of amides is 2. The minimum Gasteiger partial charge on any atom is -0.464 e. The van der Waals surface area contributed by atoms with Crippen LogP contribution in [0.4, 0.5) is 4.39 Å². The van der Waals surface area contributed by atoms with E-state index in [9.17, 15) is 14.0 Å². The molecule has 3 saturated carbocycles. The molecule has 6 bridgehead atoms. The van der Waals surface area contributed by atoms with Crippen LogP contribution in [-0.4, -0.2) is 128 Å². The van der Waals surface area contributed by atoms with Gasteiger partial charge in [-0.15, -0.1) is 0 Å². The molecular weight excluding hydrogens is 892 g/mol. The summed E-state index contributed by atoms with van der Waals surface area (Å²) >= 11 is 0. The van der Waals surface area contributed by atoms with Gasteiger partial charge >= 0.3 is 5.97 Å². The molecule has 16 nitrogen and oxygen atoms in total. The third-order valence-electron chi connectivity index (χ3n) is 16.6. The summed E-state index contributed by atoms with van der Waals surface area (Å²) in [7, 11) is 1.71. The van der Waals surface area contributed by atoms with Crippen LogP contribution >= 0.6 is 0 Å². The second kappa shape index (κ2) is 17.3. The lowest BCUT2D eigenvalue weighted by atomic mass is 9.62. The van der Waals surface area contributed by atoms with Crippen LogP contribution in [0, 0.1) is 22.7 Å². The number of hydrogen-bond acceptors (Lipinski definition) is 13. The Morgan fingerprint density at radius 2 is 1.84 bits per heavy atom. The largest absolute Gasteiger partial charge is 0.464 e. The van der Waals surface area contributed by atoms with Crippen molar-refractivity contribution in [1.29, 1.82) is 0 Å². The van der Waals surface area contributed by atoms with E-state index in [1.54, 1.807) is 19.6 Å². The van der Waals surface area contributed by atoms with Crippen LogP contribution < -0.4 is 10.7 Å². The van der Waals surface area contributed by atoms with E-state index >= 15 is 4.79 Å². The first-order valence-corrected chi connectivity index (χ1v) is 25.3. The van der Waals surface area contributed by atoms with Crippen LogP contribution in [0.1, 0.15) is 113 Å². The fourth-order valence-electron chi connectivity index (χ4n) is 12.6. The molecule has 2 amide bonds. The molecule has 5 aromatic rings. The van der Waals surface area contributed by atoms with E-state index in [0.29, 0.717) is 63.5 Å². The first-order valence-electron chi connectivity index (χ1n) is 25.3. The zero-order valence-electron chi connectivity index (χ0n) is 40.6. The second-order valence-electron chi connectivity index (χ2n) is 22.3. The predicted molar refractivity (Wildman–Crippen MR) is 256 cm³/mol. The maximum absolute atomic E-state index is 15.3. The van der Waals surface area contributed by atoms with E-state index in [4.69, 9.17) is 23.9 Å². The average molecular weight is 955 g/mol. The molecular formula is C53H63FN10O6. The number of hydrogen-bond donors (Lipinski definition) is 2. The average Bonchev–Trinajstić information content (AvgIpc) is 4.21. The van der Waals surface area contributed by atoms with Gasteiger partial charge in [-0.25, -0.2) is 24.8 Å². The molecule has 7 aliphatic rings. The number of rotatable bonds is 9. The highest BCUT2D eigenvalue weighted by Gasteiger charge is 2.59. The molecule has 1 spiro atoms. The topological polar surface area (TPSA) is 173 Å². The van der Waals surface area contributed by atoms with Crippen molar-refractivity contribution in [2.75, 3.05) is 46.4 Å². The Morgan fingerprint density at radius 3 is 2.59 bits per heavy atom. The second-order valence-corrected chi connectivity index (χ2v) is 22.3. The Kier molecular flexibility index (Phi) is 11.3. The number of hydrazine groups is 1. The number of benzene rings is 1. The minimum absolute atomic E-state index is 0.0269. The molecule has 4 aromatic heterocycles. The van der Waals surface area contributed by atoms with Crippen molar-refractivity contribution >= 4 is 28.7 Å². The highest BCUT2D eigenvalue weighted by atomic mass is 19.1. The van der Waals surface area contributed by atoms with Gasteiger partial charge in [0.05, 0.1) is 30.1 Å². The molecule has 12 rings (SSSR count). The van der Waals surface area contributed by atoms with Crippen molar-refractivity contribution in [3.05, 3.63) is 84.2 Å². The van der Waals surface area contributed by atoms with Crippen molar-refractivity contribution in [1.82, 2.24) is 50.1 Å². The van der Waals surface area contributed by atoms with E-state index < -0.39 is 47.5 Å². The van der Waals surface area contributed by atoms with Crippen LogP contribution in [0.25, 0.3) is 33.4 Å². The molecule has 7 atom stereocenters. The lowest BCUT2D eigenvalue weighted by Crippen LogP contribution is -2.68. The van der Waals surface area contributed by atoms with Crippen LogP contribution in [0.5, 0.6) is 0 Å². The molecule has 70 heavy (non-hydrogen) atoms. The quantitative estimate of drug-likeness (QED) is 0.154. The van der Waals surface area contributed by atoms with E-state index in [1.807, 2.05) is 32.2 Å². The monoisotopic (exact) mass is 954 g/mol. The first kappa shape index (κ1) is 45.5. The summed E-state index contributed by atoms with van der Waals surface area (Å²) in [4.78, 5) is 67.5. The van der Waals surface area contributed by atoms with Gasteiger partial charge in [0.2, 0.25) is 11.8 Å². The van der Waals surface area contributed by atoms with Crippen molar-refractivity contribution in [2.45, 2.75) is 121 Å². The highest BCUT2D eigenvalue weighted by molar-refractivity contribution is 5.95. The number of carbonyl (C=O) groups excluding carboxylic acids is 3. The van der Waals surface area contributed by atoms with E-state index in [1.165, 1.54) is 24.2 Å². The van der Waals surface area contributed by atoms with Gasteiger partial charge in [-0.1, -0.05) is 26.8 Å². The summed E-state index contributed by atoms with van der Waals surface area (Å²) in [6.45, 7) is 11.7. The SMILES string of the molecule is CO[C@@H](C)c1ncccc1-c1c2c3cc(ccc3n1C1CN(C3CC3)C1)-c1coc(n1)[C@@H](N1CC3(CC(F)C3)C1)[C@H](NC(=O)[C@@H]1[C@@H](C)[C@H]1c1ccncn1)C(=O)N1CCC[C@H](N1)C(=O)OCC(C)(C)C2. The molecule has 4 aliphatic heterocycles. The number of esters is 1. The number of nitrogens with zero attached hydrogens (tertiary/aromatic N) is 8. The minimum atomic E-state index is -1.18. The van der Waals surface area contributed by atoms with E-state index in [-0.39, 0.29) is 47.8 Å². The van der Waals surface area contributed by atoms with Gasteiger partial charge < -0.3 is 23.8 Å². The zero-order chi connectivity index (χ0) is 48.2. The van der Waals surface area contributed by atoms with Crippen molar-refractivity contribution < 1.29 is 32.7 Å². The number of aromatic nitrogens is 5. The molecule has 1 aromatic carbocycles. The highest BCUT2D eigenvalue weighted by Crippen LogP contribution is 2.55. The lowest BCUT2D eigenvalue weighted by Gasteiger charge is -2.59. The fourth-order valence-corrected chi connectivity index (χ4v) is 12.6. The smallest absolute Gasteiger partial charge is 0.324 e. The third-order valence-corrected chi connectivity index (χ3v) is 16.6. The molecule has 3 saturated heterocycles. The van der Waals surface area contributed by atoms with Crippen LogP contribution in [0.2, 0.25) is 0 Å². The summed E-state index contributed by atoms with van der Waals surface area (Å²) in [5, 5.41) is 5.72. The Labute approximate surface area is 407 Å². The summed E-state index contributed by atoms with van der Waals surface area (Å²) < 4.78 is 35.7. The summed E-state index contributed by atoms with van der Waals surface area (Å²) in [6, 6.07) is 10.5. The van der Waals surface area contributed by atoms with E-state index in [0.717, 1.165) is 57.8 Å². The Hall–Kier alpha value is -5.62. The van der Waals surface area contributed by atoms with Gasteiger partial charge in [0.15, 0.2) is 0 Å². The first-order chi connectivity index (χ1) is 33.8. The Balaban J connectivity index is 0.995. The van der Waals surface area contributed by atoms with Gasteiger partial charge in [-0.05, 0) is 93.7 Å². The number of oxazole rings is 1. The number of nitrogens with one attached hydrogen (secondary N) is 2. The molecule has 3 aliphatic carbocycles. The maximum atomic E-state index is 15.3. The Bertz CT molecular complexity index is 2830. The molecule has 2 N–H and O–H groups in total.